The summed E-state index contributed by atoms with van der Waals surface area (Å²) in [6.45, 7) is 0. The Hall–Kier alpha value is -2.64. The minimum absolute atomic E-state index is 0.00724. The first-order valence-corrected chi connectivity index (χ1v) is 13.0. The Morgan fingerprint density at radius 2 is 1.85 bits per heavy atom. The van der Waals surface area contributed by atoms with E-state index in [-0.39, 0.29) is 52.2 Å². The summed E-state index contributed by atoms with van der Waals surface area (Å²) in [5.41, 5.74) is 5.41. The number of amides is 1. The molecule has 0 spiro atoms. The number of hydrogen-bond donors (Lipinski definition) is 3. The van der Waals surface area contributed by atoms with E-state index in [1.54, 1.807) is 6.07 Å². The maximum absolute atomic E-state index is 14.4. The van der Waals surface area contributed by atoms with E-state index in [1.165, 1.54) is 36.4 Å². The zero-order chi connectivity index (χ0) is 24.9. The largest absolute Gasteiger partial charge is 0.456 e. The van der Waals surface area contributed by atoms with Crippen molar-refractivity contribution < 1.29 is 26.7 Å². The fourth-order valence-corrected chi connectivity index (χ4v) is 4.83. The molecule has 0 aromatic heterocycles. The van der Waals surface area contributed by atoms with Crippen LogP contribution in [0.4, 0.5) is 25.8 Å². The second-order valence-corrected chi connectivity index (χ2v) is 10.5. The summed E-state index contributed by atoms with van der Waals surface area (Å²) in [5.74, 6) is -2.42. The van der Waals surface area contributed by atoms with Gasteiger partial charge in [0.2, 0.25) is 10.0 Å². The topological polar surface area (TPSA) is 111 Å². The van der Waals surface area contributed by atoms with E-state index in [0.717, 1.165) is 12.1 Å². The van der Waals surface area contributed by atoms with Gasteiger partial charge in [0.15, 0.2) is 0 Å². The van der Waals surface area contributed by atoms with Crippen molar-refractivity contribution >= 4 is 67.2 Å². The van der Waals surface area contributed by atoms with Gasteiger partial charge in [0, 0.05) is 21.6 Å². The van der Waals surface area contributed by atoms with Crippen molar-refractivity contribution in [2.24, 2.45) is 5.73 Å². The number of carbonyl (C=O) groups excluding carboxylic acids is 1. The zero-order valence-electron chi connectivity index (χ0n) is 17.4. The first-order chi connectivity index (χ1) is 16.1. The maximum atomic E-state index is 14.4. The molecule has 180 valence electrons. The predicted molar refractivity (Wildman–Crippen MR) is 137 cm³/mol. The standard InChI is InChI=1S/C22H19ClF2IN3O4S/c23-7-2-8-34(31,32)29-15-3-1-4-16(12-15)33-20-10-13(24)9-19(21(20)22(27)30)28-18-6-5-14(26)11-17(18)25/h1,3-6,9-12,28-29H,2,7-8H2,(H2,27,30). The van der Waals surface area contributed by atoms with Crippen LogP contribution in [0.25, 0.3) is 0 Å². The molecule has 3 aromatic carbocycles. The minimum Gasteiger partial charge on any atom is -0.456 e. The normalized spacial score (nSPS) is 11.2. The van der Waals surface area contributed by atoms with Crippen molar-refractivity contribution in [2.45, 2.75) is 6.42 Å². The Balaban J connectivity index is 1.94. The van der Waals surface area contributed by atoms with Gasteiger partial charge < -0.3 is 15.8 Å². The van der Waals surface area contributed by atoms with Gasteiger partial charge in [-0.2, -0.15) is 0 Å². The van der Waals surface area contributed by atoms with Crippen LogP contribution in [0.3, 0.4) is 0 Å². The molecule has 0 heterocycles. The summed E-state index contributed by atoms with van der Waals surface area (Å²) < 4.78 is 61.7. The molecule has 0 aliphatic heterocycles. The van der Waals surface area contributed by atoms with Crippen LogP contribution in [0, 0.1) is 15.2 Å². The Morgan fingerprint density at radius 3 is 2.53 bits per heavy atom. The first-order valence-electron chi connectivity index (χ1n) is 9.78. The van der Waals surface area contributed by atoms with Crippen LogP contribution in [-0.2, 0) is 10.0 Å². The molecule has 0 unspecified atom stereocenters. The fourth-order valence-electron chi connectivity index (χ4n) is 2.98. The van der Waals surface area contributed by atoms with E-state index < -0.39 is 27.6 Å². The van der Waals surface area contributed by atoms with E-state index in [1.807, 2.05) is 22.6 Å². The lowest BCUT2D eigenvalue weighted by Crippen LogP contribution is -2.17. The van der Waals surface area contributed by atoms with E-state index in [9.17, 15) is 22.0 Å². The summed E-state index contributed by atoms with van der Waals surface area (Å²) in [4.78, 5) is 12.2. The van der Waals surface area contributed by atoms with Crippen molar-refractivity contribution in [3.63, 3.8) is 0 Å². The van der Waals surface area contributed by atoms with Crippen LogP contribution in [0.15, 0.2) is 54.6 Å². The quantitative estimate of drug-likeness (QED) is 0.202. The number of primary amides is 1. The lowest BCUT2D eigenvalue weighted by Gasteiger charge is -2.16. The highest BCUT2D eigenvalue weighted by Gasteiger charge is 2.20. The molecule has 0 atom stereocenters. The Labute approximate surface area is 213 Å². The van der Waals surface area contributed by atoms with Crippen molar-refractivity contribution in [2.75, 3.05) is 21.7 Å². The van der Waals surface area contributed by atoms with Gasteiger partial charge in [-0.3, -0.25) is 9.52 Å². The molecule has 3 rings (SSSR count). The van der Waals surface area contributed by atoms with Crippen molar-refractivity contribution in [3.8, 4) is 11.5 Å². The zero-order valence-corrected chi connectivity index (χ0v) is 21.2. The fraction of sp³-hybridized carbons (Fsp3) is 0.136. The van der Waals surface area contributed by atoms with E-state index in [2.05, 4.69) is 10.0 Å². The number of sulfonamides is 1. The third kappa shape index (κ3) is 6.93. The Bertz CT molecular complexity index is 1330. The summed E-state index contributed by atoms with van der Waals surface area (Å²) in [6.07, 6.45) is 0.273. The molecule has 34 heavy (non-hydrogen) atoms. The molecule has 0 saturated heterocycles. The van der Waals surface area contributed by atoms with Gasteiger partial charge in [-0.25, -0.2) is 17.2 Å². The molecule has 3 aromatic rings. The molecular weight excluding hydrogens is 603 g/mol. The highest BCUT2D eigenvalue weighted by atomic mass is 127. The van der Waals surface area contributed by atoms with Gasteiger partial charge in [0.1, 0.15) is 28.7 Å². The second kappa shape index (κ2) is 11.2. The number of hydrogen-bond acceptors (Lipinski definition) is 5. The van der Waals surface area contributed by atoms with Crippen molar-refractivity contribution in [1.29, 1.82) is 0 Å². The molecular formula is C22H19ClF2IN3O4S. The predicted octanol–water partition coefficient (Wildman–Crippen LogP) is 5.57. The highest BCUT2D eigenvalue weighted by Crippen LogP contribution is 2.35. The number of carbonyl (C=O) groups is 1. The second-order valence-electron chi connectivity index (χ2n) is 7.03. The monoisotopic (exact) mass is 621 g/mol. The molecule has 12 heteroatoms. The number of nitrogens with one attached hydrogen (secondary N) is 2. The van der Waals surface area contributed by atoms with Gasteiger partial charge in [-0.05, 0) is 65.4 Å². The smallest absolute Gasteiger partial charge is 0.254 e. The number of alkyl halides is 1. The minimum atomic E-state index is -3.63. The van der Waals surface area contributed by atoms with E-state index in [4.69, 9.17) is 22.1 Å². The van der Waals surface area contributed by atoms with Gasteiger partial charge >= 0.3 is 0 Å². The Kier molecular flexibility index (Phi) is 8.55. The third-order valence-corrected chi connectivity index (χ3v) is 6.71. The summed E-state index contributed by atoms with van der Waals surface area (Å²) in [5, 5.41) is 2.68. The number of halogens is 4. The molecule has 0 bridgehead atoms. The number of rotatable bonds is 10. The number of nitrogens with two attached hydrogens (primary N) is 1. The van der Waals surface area contributed by atoms with Gasteiger partial charge in [-0.1, -0.05) is 6.07 Å². The lowest BCUT2D eigenvalue weighted by atomic mass is 10.1. The van der Waals surface area contributed by atoms with Crippen LogP contribution < -0.4 is 20.5 Å². The third-order valence-electron chi connectivity index (χ3n) is 4.40. The Morgan fingerprint density at radius 1 is 1.09 bits per heavy atom. The van der Waals surface area contributed by atoms with Gasteiger partial charge in [0.05, 0.1) is 22.8 Å². The lowest BCUT2D eigenvalue weighted by molar-refractivity contribution is 0.0999. The molecule has 0 aliphatic rings. The molecule has 4 N–H and O–H groups in total. The number of ether oxygens (including phenoxy) is 1. The summed E-state index contributed by atoms with van der Waals surface area (Å²) in [7, 11) is -3.63. The molecule has 0 saturated carbocycles. The summed E-state index contributed by atoms with van der Waals surface area (Å²) in [6, 6.07) is 12.1. The van der Waals surface area contributed by atoms with Gasteiger partial charge in [0.25, 0.3) is 5.91 Å². The van der Waals surface area contributed by atoms with Crippen LogP contribution in [0.5, 0.6) is 11.5 Å². The van der Waals surface area contributed by atoms with Crippen LogP contribution >= 0.6 is 34.2 Å². The molecule has 1 amide bonds. The molecule has 0 fully saturated rings. The van der Waals surface area contributed by atoms with E-state index >= 15 is 0 Å². The SMILES string of the molecule is NC(=O)c1c(Nc2ccc(I)cc2F)cc(F)cc1Oc1cccc(NS(=O)(=O)CCCCl)c1. The van der Waals surface area contributed by atoms with Crippen molar-refractivity contribution in [1.82, 2.24) is 0 Å². The molecule has 0 aliphatic carbocycles. The summed E-state index contributed by atoms with van der Waals surface area (Å²) >= 11 is 7.49. The number of benzene rings is 3. The number of anilines is 3. The van der Waals surface area contributed by atoms with E-state index in [0.29, 0.717) is 3.57 Å². The molecule has 7 nitrogen and oxygen atoms in total. The average Bonchev–Trinajstić information content (AvgIpc) is 2.73. The van der Waals surface area contributed by atoms with Gasteiger partial charge in [-0.15, -0.1) is 11.6 Å². The van der Waals surface area contributed by atoms with Crippen LogP contribution in [0.2, 0.25) is 0 Å². The van der Waals surface area contributed by atoms with Crippen LogP contribution in [0.1, 0.15) is 16.8 Å². The molecule has 0 radical (unpaired) electrons. The maximum Gasteiger partial charge on any atom is 0.254 e. The first kappa shape index (κ1) is 26.0. The van der Waals surface area contributed by atoms with Crippen molar-refractivity contribution in [3.05, 3.63) is 75.4 Å². The van der Waals surface area contributed by atoms with Crippen LogP contribution in [-0.4, -0.2) is 26.0 Å². The highest BCUT2D eigenvalue weighted by molar-refractivity contribution is 14.1. The average molecular weight is 622 g/mol.